The lowest BCUT2D eigenvalue weighted by Gasteiger charge is -2.31. The van der Waals surface area contributed by atoms with Crippen LogP contribution >= 0.6 is 7.82 Å². The van der Waals surface area contributed by atoms with Gasteiger partial charge in [-0.25, -0.2) is 0 Å². The van der Waals surface area contributed by atoms with Gasteiger partial charge in [0, 0.05) is 6.54 Å². The number of ether oxygens (including phenoxy) is 1. The van der Waals surface area contributed by atoms with Crippen molar-refractivity contribution in [1.29, 1.82) is 0 Å². The second-order valence-electron chi connectivity index (χ2n) is 3.46. The molecule has 0 aliphatic carbocycles. The zero-order chi connectivity index (χ0) is 16.4. The maximum absolute atomic E-state index is 10.0. The fourth-order valence-electron chi connectivity index (χ4n) is 0.565. The van der Waals surface area contributed by atoms with Gasteiger partial charge in [-0.3, -0.25) is 0 Å². The molecule has 0 spiro atoms. The summed E-state index contributed by atoms with van der Waals surface area (Å²) in [7, 11) is -4.91. The zero-order valence-electron chi connectivity index (χ0n) is 12.1. The Bertz CT molecular complexity index is 208. The summed E-state index contributed by atoms with van der Waals surface area (Å²) in [4.78, 5) is 20.0. The third kappa shape index (κ3) is 36.1. The minimum Gasteiger partial charge on any atom is -0.790 e. The monoisotopic (exact) mass is 318 g/mol. The quantitative estimate of drug-likeness (QED) is 0.279. The number of hydrogen-bond donors (Lipinski definition) is 4. The average Bonchev–Trinajstić information content (AvgIpc) is 2.37. The summed E-state index contributed by atoms with van der Waals surface area (Å²) >= 11 is 0. The Labute approximate surface area is 120 Å². The molecule has 0 bridgehead atoms. The molecule has 0 fully saturated rings. The predicted molar refractivity (Wildman–Crippen MR) is 71.5 cm³/mol. The maximum atomic E-state index is 10.0. The summed E-state index contributed by atoms with van der Waals surface area (Å²) in [6.45, 7) is 4.64. The Kier molecular flexibility index (Phi) is 23.5. The maximum Gasteiger partial charge on any atom is 0.0832 e. The molecule has 1 unspecified atom stereocenters. The first-order chi connectivity index (χ1) is 9.28. The summed E-state index contributed by atoms with van der Waals surface area (Å²) in [5.41, 5.74) is 9.81. The van der Waals surface area contributed by atoms with Crippen molar-refractivity contribution in [2.75, 3.05) is 39.5 Å². The van der Waals surface area contributed by atoms with Crippen LogP contribution in [0.25, 0.3) is 0 Å². The van der Waals surface area contributed by atoms with Crippen molar-refractivity contribution in [2.45, 2.75) is 26.4 Å². The van der Waals surface area contributed by atoms with Crippen LogP contribution in [0, 0.1) is 0 Å². The van der Waals surface area contributed by atoms with Crippen LogP contribution in [-0.2, 0) is 13.8 Å². The number of hydrogen-bond acceptors (Lipinski definition) is 9. The van der Waals surface area contributed by atoms with E-state index < -0.39 is 13.9 Å². The second-order valence-corrected chi connectivity index (χ2v) is 4.57. The predicted octanol–water partition coefficient (Wildman–Crippen LogP) is -2.48. The van der Waals surface area contributed by atoms with Crippen molar-refractivity contribution in [3.63, 3.8) is 0 Å². The van der Waals surface area contributed by atoms with Gasteiger partial charge >= 0.3 is 0 Å². The van der Waals surface area contributed by atoms with Crippen LogP contribution in [0.1, 0.15) is 20.3 Å². The number of phosphoric acid groups is 1. The van der Waals surface area contributed by atoms with E-state index in [0.717, 1.165) is 13.0 Å². The van der Waals surface area contributed by atoms with Gasteiger partial charge in [0.1, 0.15) is 0 Å². The minimum absolute atomic E-state index is 0.0327. The second kappa shape index (κ2) is 18.9. The molecule has 0 aromatic heterocycles. The van der Waals surface area contributed by atoms with Crippen molar-refractivity contribution < 1.29 is 33.8 Å². The molecule has 0 aliphatic rings. The van der Waals surface area contributed by atoms with Gasteiger partial charge in [-0.2, -0.15) is 0 Å². The molecule has 6 N–H and O–H groups in total. The van der Waals surface area contributed by atoms with Gasteiger partial charge < -0.3 is 45.3 Å². The fraction of sp³-hybridized carbons (Fsp3) is 1.00. The van der Waals surface area contributed by atoms with E-state index in [4.69, 9.17) is 26.4 Å². The molecule has 0 saturated carbocycles. The van der Waals surface area contributed by atoms with E-state index in [2.05, 4.69) is 11.4 Å². The third-order valence-electron chi connectivity index (χ3n) is 1.32. The number of rotatable bonds is 8. The summed E-state index contributed by atoms with van der Waals surface area (Å²) in [5, 5.41) is 16.0. The standard InChI is InChI=1S/C5H13O6P.C3H9N.C2H7NO/c1-5(4-10-3-2-6)11-12(7,8)9;1-2-3-4;3-1-2-4/h5-6H,2-4H2,1H3,(H2,7,8,9);2-4H2,1H3;4H,1-3H2/p-2. The van der Waals surface area contributed by atoms with Crippen LogP contribution in [0.3, 0.4) is 0 Å². The highest BCUT2D eigenvalue weighted by molar-refractivity contribution is 7.43. The Morgan fingerprint density at radius 2 is 1.65 bits per heavy atom. The highest BCUT2D eigenvalue weighted by atomic mass is 31.2. The van der Waals surface area contributed by atoms with Crippen LogP contribution in [0.4, 0.5) is 0 Å². The molecule has 0 heterocycles. The number of nitrogens with two attached hydrogens (primary N) is 2. The molecule has 10 heteroatoms. The van der Waals surface area contributed by atoms with Crippen molar-refractivity contribution in [3.05, 3.63) is 0 Å². The van der Waals surface area contributed by atoms with E-state index in [-0.39, 0.29) is 26.4 Å². The van der Waals surface area contributed by atoms with E-state index in [9.17, 15) is 14.4 Å². The first-order valence-corrected chi connectivity index (χ1v) is 7.65. The van der Waals surface area contributed by atoms with Crippen LogP contribution in [-0.4, -0.2) is 55.8 Å². The molecule has 20 heavy (non-hydrogen) atoms. The van der Waals surface area contributed by atoms with Crippen molar-refractivity contribution in [1.82, 2.24) is 0 Å². The molecule has 126 valence electrons. The first kappa shape index (κ1) is 24.9. The Balaban J connectivity index is -0.000000297. The molecule has 0 aromatic rings. The Morgan fingerprint density at radius 1 is 1.20 bits per heavy atom. The van der Waals surface area contributed by atoms with E-state index in [1.807, 2.05) is 0 Å². The largest absolute Gasteiger partial charge is 0.790 e. The number of aliphatic hydroxyl groups excluding tert-OH is 2. The molecule has 0 rings (SSSR count). The van der Waals surface area contributed by atoms with Gasteiger partial charge in [-0.1, -0.05) is 6.92 Å². The van der Waals surface area contributed by atoms with Crippen LogP contribution in [0.2, 0.25) is 0 Å². The number of aliphatic hydroxyl groups is 2. The lowest BCUT2D eigenvalue weighted by molar-refractivity contribution is -0.345. The topological polar surface area (TPSA) is 174 Å². The lowest BCUT2D eigenvalue weighted by atomic mass is 10.4. The molecule has 0 amide bonds. The van der Waals surface area contributed by atoms with Crippen molar-refractivity contribution >= 4 is 7.82 Å². The van der Waals surface area contributed by atoms with E-state index >= 15 is 0 Å². The van der Waals surface area contributed by atoms with Gasteiger partial charge in [0.25, 0.3) is 0 Å². The molecular weight excluding hydrogens is 291 g/mol. The summed E-state index contributed by atoms with van der Waals surface area (Å²) in [5.74, 6) is 0. The fourth-order valence-corrected chi connectivity index (χ4v) is 1.07. The smallest absolute Gasteiger partial charge is 0.0832 e. The normalized spacial score (nSPS) is 11.8. The molecule has 0 aliphatic heterocycles. The van der Waals surface area contributed by atoms with Gasteiger partial charge in [-0.15, -0.1) is 0 Å². The van der Waals surface area contributed by atoms with Crippen LogP contribution < -0.4 is 21.3 Å². The Morgan fingerprint density at radius 3 is 1.90 bits per heavy atom. The van der Waals surface area contributed by atoms with Crippen LogP contribution in [0.15, 0.2) is 0 Å². The van der Waals surface area contributed by atoms with Crippen LogP contribution in [0.5, 0.6) is 0 Å². The minimum atomic E-state index is -4.91. The highest BCUT2D eigenvalue weighted by Gasteiger charge is 2.03. The van der Waals surface area contributed by atoms with Gasteiger partial charge in [0.05, 0.1) is 40.4 Å². The van der Waals surface area contributed by atoms with E-state index in [1.165, 1.54) is 6.92 Å². The van der Waals surface area contributed by atoms with Gasteiger partial charge in [0.2, 0.25) is 0 Å². The zero-order valence-corrected chi connectivity index (χ0v) is 13.0. The SMILES string of the molecule is CC(COCCO)OP(=O)([O-])[O-].CCCN.NCCO. The lowest BCUT2D eigenvalue weighted by Crippen LogP contribution is -2.24. The summed E-state index contributed by atoms with van der Waals surface area (Å²) in [6.07, 6.45) is 0.289. The first-order valence-electron chi connectivity index (χ1n) is 6.19. The average molecular weight is 318 g/mol. The molecule has 0 aromatic carbocycles. The molecule has 1 atom stereocenters. The summed E-state index contributed by atoms with van der Waals surface area (Å²) in [6, 6.07) is 0. The third-order valence-corrected chi connectivity index (χ3v) is 1.93. The molecule has 9 nitrogen and oxygen atoms in total. The van der Waals surface area contributed by atoms with Crippen molar-refractivity contribution in [2.24, 2.45) is 11.5 Å². The Hall–Kier alpha value is -0.0900. The molecular formula is C10H27N2O7P-2. The molecule has 0 radical (unpaired) electrons. The highest BCUT2D eigenvalue weighted by Crippen LogP contribution is 2.26. The van der Waals surface area contributed by atoms with E-state index in [0.29, 0.717) is 6.54 Å². The number of phosphoric ester groups is 1. The van der Waals surface area contributed by atoms with Gasteiger partial charge in [0.15, 0.2) is 0 Å². The van der Waals surface area contributed by atoms with Crippen molar-refractivity contribution in [3.8, 4) is 0 Å². The van der Waals surface area contributed by atoms with E-state index in [1.54, 1.807) is 0 Å². The molecule has 0 saturated heterocycles. The summed E-state index contributed by atoms with van der Waals surface area (Å²) < 4.78 is 18.8. The van der Waals surface area contributed by atoms with Gasteiger partial charge in [-0.05, 0) is 19.9 Å².